The quantitative estimate of drug-likeness (QED) is 0.0710. The van der Waals surface area contributed by atoms with Gasteiger partial charge in [0.25, 0.3) is 0 Å². The number of amides is 1. The van der Waals surface area contributed by atoms with Gasteiger partial charge in [-0.25, -0.2) is 19.6 Å². The van der Waals surface area contributed by atoms with Crippen molar-refractivity contribution in [3.8, 4) is 40.5 Å². The molecule has 0 radical (unpaired) electrons. The molecule has 4 aromatic rings. The SMILES string of the molecule is CN[C@@H](C)C(=O)O[C@H](COC(=O)[C@H](C)NC(=O)OC(C)(C)C)COc1ccc(-c2c(C#N)c(N)nc(SCc3coc(-c4ccc(Cl)cc4)n3)c2C#N)cc1. The van der Waals surface area contributed by atoms with Gasteiger partial charge in [-0.15, -0.1) is 0 Å². The summed E-state index contributed by atoms with van der Waals surface area (Å²) < 4.78 is 27.6. The zero-order valence-corrected chi connectivity index (χ0v) is 32.5. The van der Waals surface area contributed by atoms with E-state index in [4.69, 9.17) is 40.7 Å². The average molecular weight is 790 g/mol. The molecule has 0 spiro atoms. The van der Waals surface area contributed by atoms with Gasteiger partial charge in [0.1, 0.15) is 71.5 Å². The number of nitrogens with zero attached hydrogens (tertiary/aromatic N) is 4. The van der Waals surface area contributed by atoms with Crippen LogP contribution < -0.4 is 21.1 Å². The molecular weight excluding hydrogens is 750 g/mol. The van der Waals surface area contributed by atoms with Crippen molar-refractivity contribution in [2.45, 2.75) is 69.2 Å². The van der Waals surface area contributed by atoms with Gasteiger partial charge in [-0.2, -0.15) is 10.5 Å². The Bertz CT molecular complexity index is 2070. The fourth-order valence-corrected chi connectivity index (χ4v) is 5.68. The van der Waals surface area contributed by atoms with Crippen molar-refractivity contribution in [2.24, 2.45) is 0 Å². The highest BCUT2D eigenvalue weighted by molar-refractivity contribution is 7.98. The van der Waals surface area contributed by atoms with Gasteiger partial charge in [-0.05, 0) is 83.6 Å². The number of ether oxygens (including phenoxy) is 4. The molecule has 0 aliphatic carbocycles. The molecule has 4 N–H and O–H groups in total. The van der Waals surface area contributed by atoms with Crippen molar-refractivity contribution in [1.82, 2.24) is 20.6 Å². The largest absolute Gasteiger partial charge is 0.490 e. The van der Waals surface area contributed by atoms with Crippen molar-refractivity contribution >= 4 is 47.2 Å². The predicted molar refractivity (Wildman–Crippen MR) is 204 cm³/mol. The number of carbonyl (C=O) groups is 3. The van der Waals surface area contributed by atoms with Crippen molar-refractivity contribution in [1.29, 1.82) is 10.5 Å². The predicted octanol–water partition coefficient (Wildman–Crippen LogP) is 6.03. The highest BCUT2D eigenvalue weighted by Crippen LogP contribution is 2.37. The lowest BCUT2D eigenvalue weighted by Gasteiger charge is -2.23. The zero-order chi connectivity index (χ0) is 40.3. The number of halogens is 1. The van der Waals surface area contributed by atoms with Crippen molar-refractivity contribution in [2.75, 3.05) is 26.0 Å². The molecular formula is C38H40ClN7O8S. The van der Waals surface area contributed by atoms with Crippen molar-refractivity contribution in [3.05, 3.63) is 76.6 Å². The molecule has 0 aliphatic rings. The van der Waals surface area contributed by atoms with Crippen LogP contribution in [0.15, 0.2) is 64.2 Å². The number of nitrogen functional groups attached to an aromatic ring is 1. The molecule has 2 heterocycles. The number of likely N-dealkylation sites (N-methyl/N-ethyl adjacent to an activating group) is 1. The van der Waals surface area contributed by atoms with Gasteiger partial charge >= 0.3 is 18.0 Å². The highest BCUT2D eigenvalue weighted by atomic mass is 35.5. The molecule has 2 aromatic heterocycles. The topological polar surface area (TPSA) is 225 Å². The van der Waals surface area contributed by atoms with Crippen LogP contribution in [-0.2, 0) is 29.6 Å². The number of anilines is 1. The second-order valence-electron chi connectivity index (χ2n) is 13.0. The van der Waals surface area contributed by atoms with Gasteiger partial charge < -0.3 is 39.7 Å². The van der Waals surface area contributed by atoms with Crippen LogP contribution in [0, 0.1) is 22.7 Å². The van der Waals surface area contributed by atoms with Gasteiger partial charge in [0.05, 0.1) is 11.3 Å². The molecule has 0 bridgehead atoms. The summed E-state index contributed by atoms with van der Waals surface area (Å²) in [6.45, 7) is 7.52. The molecule has 0 saturated heterocycles. The third-order valence-corrected chi connectivity index (χ3v) is 8.82. The van der Waals surface area contributed by atoms with Crippen LogP contribution in [-0.4, -0.2) is 72.0 Å². The minimum absolute atomic E-state index is 0.0314. The van der Waals surface area contributed by atoms with E-state index in [1.165, 1.54) is 24.9 Å². The lowest BCUT2D eigenvalue weighted by molar-refractivity contribution is -0.162. The second kappa shape index (κ2) is 19.0. The molecule has 0 fully saturated rings. The molecule has 15 nitrogen and oxygen atoms in total. The molecule has 0 aliphatic heterocycles. The fraction of sp³-hybridized carbons (Fsp3) is 0.342. The van der Waals surface area contributed by atoms with E-state index in [-0.39, 0.29) is 30.2 Å². The molecule has 55 heavy (non-hydrogen) atoms. The second-order valence-corrected chi connectivity index (χ2v) is 14.4. The molecule has 2 aromatic carbocycles. The Labute approximate surface area is 327 Å². The number of carbonyl (C=O) groups excluding carboxylic acids is 3. The number of esters is 2. The van der Waals surface area contributed by atoms with Crippen LogP contribution in [0.2, 0.25) is 5.02 Å². The van der Waals surface area contributed by atoms with Crippen molar-refractivity contribution < 1.29 is 37.7 Å². The first kappa shape index (κ1) is 41.9. The lowest BCUT2D eigenvalue weighted by Crippen LogP contribution is -2.44. The van der Waals surface area contributed by atoms with E-state index in [0.29, 0.717) is 44.3 Å². The number of nitriles is 2. The summed E-state index contributed by atoms with van der Waals surface area (Å²) in [6, 6.07) is 16.0. The van der Waals surface area contributed by atoms with Crippen LogP contribution in [0.4, 0.5) is 10.6 Å². The maximum absolute atomic E-state index is 12.6. The van der Waals surface area contributed by atoms with E-state index >= 15 is 0 Å². The van der Waals surface area contributed by atoms with Crippen LogP contribution in [0.1, 0.15) is 51.4 Å². The van der Waals surface area contributed by atoms with E-state index in [0.717, 1.165) is 5.56 Å². The average Bonchev–Trinajstić information content (AvgIpc) is 3.62. The third-order valence-electron chi connectivity index (χ3n) is 7.56. The van der Waals surface area contributed by atoms with Crippen LogP contribution in [0.25, 0.3) is 22.6 Å². The molecule has 1 amide bonds. The first-order valence-electron chi connectivity index (χ1n) is 16.9. The minimum Gasteiger partial charge on any atom is -0.490 e. The molecule has 17 heteroatoms. The Hall–Kier alpha value is -5.81. The maximum Gasteiger partial charge on any atom is 0.408 e. The number of benzene rings is 2. The number of nitrogens with one attached hydrogen (secondary N) is 2. The maximum atomic E-state index is 12.6. The normalized spacial score (nSPS) is 12.7. The molecule has 3 atom stereocenters. The monoisotopic (exact) mass is 789 g/mol. The fourth-order valence-electron chi connectivity index (χ4n) is 4.68. The summed E-state index contributed by atoms with van der Waals surface area (Å²) in [5, 5.41) is 26.3. The van der Waals surface area contributed by atoms with E-state index in [2.05, 4.69) is 32.7 Å². The third kappa shape index (κ3) is 11.8. The molecule has 0 unspecified atom stereocenters. The Kier molecular flexibility index (Phi) is 14.5. The zero-order valence-electron chi connectivity index (χ0n) is 31.0. The van der Waals surface area contributed by atoms with E-state index < -0.39 is 41.8 Å². The Balaban J connectivity index is 1.47. The first-order valence-corrected chi connectivity index (χ1v) is 18.2. The number of pyridine rings is 1. The van der Waals surface area contributed by atoms with E-state index in [1.54, 1.807) is 83.3 Å². The smallest absolute Gasteiger partial charge is 0.408 e. The Morgan fingerprint density at radius 1 is 0.945 bits per heavy atom. The number of hydrogen-bond donors (Lipinski definition) is 3. The van der Waals surface area contributed by atoms with Gasteiger partial charge in [0.15, 0.2) is 6.10 Å². The Morgan fingerprint density at radius 3 is 2.22 bits per heavy atom. The molecule has 288 valence electrons. The number of oxazole rings is 1. The Morgan fingerprint density at radius 2 is 1.60 bits per heavy atom. The number of nitrogens with two attached hydrogens (primary N) is 1. The number of alkyl carbamates (subject to hydrolysis) is 1. The number of rotatable bonds is 15. The van der Waals surface area contributed by atoms with E-state index in [1.807, 2.05) is 0 Å². The first-order chi connectivity index (χ1) is 26.1. The van der Waals surface area contributed by atoms with Crippen molar-refractivity contribution in [3.63, 3.8) is 0 Å². The minimum atomic E-state index is -1.05. The lowest BCUT2D eigenvalue weighted by atomic mass is 9.97. The van der Waals surface area contributed by atoms with Gasteiger partial charge in [0.2, 0.25) is 5.89 Å². The van der Waals surface area contributed by atoms with Crippen LogP contribution in [0.5, 0.6) is 5.75 Å². The van der Waals surface area contributed by atoms with Gasteiger partial charge in [-0.1, -0.05) is 35.5 Å². The van der Waals surface area contributed by atoms with E-state index in [9.17, 15) is 24.9 Å². The number of aromatic nitrogens is 2. The molecule has 4 rings (SSSR count). The standard InChI is InChI=1S/C38H40ClN7O8S/c1-21(43-6)36(48)53-28(19-52-35(47)22(2)44-37(49)54-38(3,4)5)18-50-27-13-9-23(10-14-27)31-29(15-40)32(42)46-34(30(31)16-41)55-20-26-17-51-33(45-26)24-7-11-25(39)12-8-24/h7-14,17,21-22,28,43H,18-20H2,1-6H3,(H2,42,46)(H,44,49)/t21-,22-,28-/m0/s1. The number of hydrogen-bond acceptors (Lipinski definition) is 15. The summed E-state index contributed by atoms with van der Waals surface area (Å²) in [4.78, 5) is 46.2. The summed E-state index contributed by atoms with van der Waals surface area (Å²) in [7, 11) is 1.59. The summed E-state index contributed by atoms with van der Waals surface area (Å²) in [5.41, 5.74) is 7.76. The summed E-state index contributed by atoms with van der Waals surface area (Å²) in [6.07, 6.45) is -0.308. The van der Waals surface area contributed by atoms with Crippen LogP contribution >= 0.6 is 23.4 Å². The number of thioether (sulfide) groups is 1. The highest BCUT2D eigenvalue weighted by Gasteiger charge is 2.26. The summed E-state index contributed by atoms with van der Waals surface area (Å²) >= 11 is 7.20. The summed E-state index contributed by atoms with van der Waals surface area (Å²) in [5.74, 6) is -0.393. The van der Waals surface area contributed by atoms with Crippen LogP contribution in [0.3, 0.4) is 0 Å². The van der Waals surface area contributed by atoms with Gasteiger partial charge in [-0.3, -0.25) is 4.79 Å². The van der Waals surface area contributed by atoms with Gasteiger partial charge in [0, 0.05) is 21.9 Å². The molecule has 0 saturated carbocycles.